The van der Waals surface area contributed by atoms with Gasteiger partial charge in [0.25, 0.3) is 0 Å². The Bertz CT molecular complexity index is 767. The van der Waals surface area contributed by atoms with Gasteiger partial charge in [-0.25, -0.2) is 0 Å². The standard InChI is InChI=1S/C17H20ClN3O/c1-19-7-5-12-13-9-11(18)3-4-14(13)21(16(12)10-19)15-6-8-20(2)17(15)22/h3-4,9,15H,5-8,10H2,1-2H3. The zero-order valence-corrected chi connectivity index (χ0v) is 13.7. The third kappa shape index (κ3) is 1.97. The van der Waals surface area contributed by atoms with Gasteiger partial charge in [-0.2, -0.15) is 0 Å². The Morgan fingerprint density at radius 2 is 2.05 bits per heavy atom. The molecule has 0 aliphatic carbocycles. The van der Waals surface area contributed by atoms with Crippen molar-refractivity contribution < 1.29 is 4.79 Å². The number of benzene rings is 1. The molecule has 22 heavy (non-hydrogen) atoms. The molecule has 1 saturated heterocycles. The van der Waals surface area contributed by atoms with Crippen molar-refractivity contribution in [1.29, 1.82) is 0 Å². The van der Waals surface area contributed by atoms with Crippen LogP contribution in [0.2, 0.25) is 5.02 Å². The van der Waals surface area contributed by atoms with Crippen molar-refractivity contribution in [3.8, 4) is 0 Å². The van der Waals surface area contributed by atoms with Crippen LogP contribution in [0.4, 0.5) is 0 Å². The van der Waals surface area contributed by atoms with Crippen LogP contribution in [-0.4, -0.2) is 47.5 Å². The van der Waals surface area contributed by atoms with Gasteiger partial charge in [0.15, 0.2) is 0 Å². The first kappa shape index (κ1) is 14.1. The predicted molar refractivity (Wildman–Crippen MR) is 88.3 cm³/mol. The molecular formula is C17H20ClN3O. The molecule has 1 aromatic heterocycles. The van der Waals surface area contributed by atoms with Gasteiger partial charge in [-0.15, -0.1) is 0 Å². The SMILES string of the molecule is CN1CCc2c(n(C3CCN(C)C3=O)c3ccc(Cl)cc23)C1. The fourth-order valence-corrected chi connectivity index (χ4v) is 4.07. The van der Waals surface area contributed by atoms with Gasteiger partial charge in [-0.1, -0.05) is 11.6 Å². The molecular weight excluding hydrogens is 298 g/mol. The summed E-state index contributed by atoms with van der Waals surface area (Å²) in [6.07, 6.45) is 1.91. The molecule has 2 aliphatic rings. The van der Waals surface area contributed by atoms with Crippen molar-refractivity contribution in [2.75, 3.05) is 27.2 Å². The molecule has 1 amide bonds. The molecule has 5 heteroatoms. The minimum absolute atomic E-state index is 0.0658. The molecule has 1 atom stereocenters. The van der Waals surface area contributed by atoms with E-state index in [0.29, 0.717) is 0 Å². The number of nitrogens with zero attached hydrogens (tertiary/aromatic N) is 3. The molecule has 1 unspecified atom stereocenters. The van der Waals surface area contributed by atoms with E-state index in [1.807, 2.05) is 18.0 Å². The van der Waals surface area contributed by atoms with Crippen molar-refractivity contribution >= 4 is 28.4 Å². The molecule has 0 radical (unpaired) electrons. The molecule has 116 valence electrons. The van der Waals surface area contributed by atoms with Gasteiger partial charge in [-0.3, -0.25) is 4.79 Å². The average molecular weight is 318 g/mol. The number of carbonyl (C=O) groups excluding carboxylic acids is 1. The van der Waals surface area contributed by atoms with E-state index in [2.05, 4.69) is 28.6 Å². The lowest BCUT2D eigenvalue weighted by Gasteiger charge is -2.26. The third-order valence-electron chi connectivity index (χ3n) is 5.06. The third-order valence-corrected chi connectivity index (χ3v) is 5.29. The first-order valence-corrected chi connectivity index (χ1v) is 8.19. The molecule has 1 fully saturated rings. The van der Waals surface area contributed by atoms with E-state index in [1.165, 1.54) is 16.6 Å². The summed E-state index contributed by atoms with van der Waals surface area (Å²) in [7, 11) is 4.03. The van der Waals surface area contributed by atoms with Crippen molar-refractivity contribution in [3.63, 3.8) is 0 Å². The molecule has 2 aliphatic heterocycles. The van der Waals surface area contributed by atoms with Gasteiger partial charge in [0.2, 0.25) is 5.91 Å². The van der Waals surface area contributed by atoms with Gasteiger partial charge in [0.1, 0.15) is 6.04 Å². The van der Waals surface area contributed by atoms with Crippen LogP contribution in [0.1, 0.15) is 23.7 Å². The molecule has 0 spiro atoms. The molecule has 1 aromatic carbocycles. The average Bonchev–Trinajstić information content (AvgIpc) is 2.97. The second-order valence-electron chi connectivity index (χ2n) is 6.51. The van der Waals surface area contributed by atoms with E-state index in [-0.39, 0.29) is 11.9 Å². The van der Waals surface area contributed by atoms with Gasteiger partial charge < -0.3 is 14.4 Å². The molecule has 3 heterocycles. The summed E-state index contributed by atoms with van der Waals surface area (Å²) in [4.78, 5) is 16.7. The highest BCUT2D eigenvalue weighted by molar-refractivity contribution is 6.31. The quantitative estimate of drug-likeness (QED) is 0.809. The smallest absolute Gasteiger partial charge is 0.245 e. The van der Waals surface area contributed by atoms with Crippen LogP contribution in [0.5, 0.6) is 0 Å². The van der Waals surface area contributed by atoms with E-state index >= 15 is 0 Å². The minimum Gasteiger partial charge on any atom is -0.344 e. The maximum Gasteiger partial charge on any atom is 0.245 e. The number of likely N-dealkylation sites (tertiary alicyclic amines) is 1. The first-order chi connectivity index (χ1) is 10.6. The number of hydrogen-bond acceptors (Lipinski definition) is 2. The molecule has 4 nitrogen and oxygen atoms in total. The topological polar surface area (TPSA) is 28.5 Å². The lowest BCUT2D eigenvalue weighted by molar-refractivity contribution is -0.129. The number of carbonyl (C=O) groups is 1. The Kier molecular flexibility index (Phi) is 3.20. The molecule has 0 bridgehead atoms. The lowest BCUT2D eigenvalue weighted by atomic mass is 10.0. The van der Waals surface area contributed by atoms with Crippen molar-refractivity contribution in [2.24, 2.45) is 0 Å². The Labute approximate surface area is 135 Å². The summed E-state index contributed by atoms with van der Waals surface area (Å²) in [5.41, 5.74) is 3.82. The second-order valence-corrected chi connectivity index (χ2v) is 6.95. The Morgan fingerprint density at radius 1 is 1.23 bits per heavy atom. The summed E-state index contributed by atoms with van der Waals surface area (Å²) in [6.45, 7) is 2.79. The minimum atomic E-state index is -0.0658. The largest absolute Gasteiger partial charge is 0.344 e. The number of halogens is 1. The Balaban J connectivity index is 1.97. The van der Waals surface area contributed by atoms with Gasteiger partial charge in [0, 0.05) is 48.3 Å². The summed E-state index contributed by atoms with van der Waals surface area (Å²) in [5.74, 6) is 0.225. The van der Waals surface area contributed by atoms with Gasteiger partial charge >= 0.3 is 0 Å². The number of rotatable bonds is 1. The number of fused-ring (bicyclic) bond motifs is 3. The normalized spacial score (nSPS) is 22.6. The maximum atomic E-state index is 12.5. The molecule has 4 rings (SSSR count). The second kappa shape index (κ2) is 5.00. The van der Waals surface area contributed by atoms with Crippen LogP contribution < -0.4 is 0 Å². The monoisotopic (exact) mass is 317 g/mol. The summed E-state index contributed by atoms with van der Waals surface area (Å²) in [6, 6.07) is 5.99. The van der Waals surface area contributed by atoms with Crippen LogP contribution in [0.25, 0.3) is 10.9 Å². The number of amides is 1. The first-order valence-electron chi connectivity index (χ1n) is 7.81. The van der Waals surface area contributed by atoms with Crippen LogP contribution in [0.3, 0.4) is 0 Å². The fourth-order valence-electron chi connectivity index (χ4n) is 3.89. The fraction of sp³-hybridized carbons (Fsp3) is 0.471. The highest BCUT2D eigenvalue weighted by atomic mass is 35.5. The van der Waals surface area contributed by atoms with E-state index < -0.39 is 0 Å². The Morgan fingerprint density at radius 3 is 2.77 bits per heavy atom. The predicted octanol–water partition coefficient (Wildman–Crippen LogP) is 2.69. The zero-order chi connectivity index (χ0) is 15.4. The van der Waals surface area contributed by atoms with Crippen LogP contribution in [0.15, 0.2) is 18.2 Å². The molecule has 0 saturated carbocycles. The number of aromatic nitrogens is 1. The number of hydrogen-bond donors (Lipinski definition) is 0. The highest BCUT2D eigenvalue weighted by Crippen LogP contribution is 2.37. The van der Waals surface area contributed by atoms with E-state index in [0.717, 1.165) is 43.0 Å². The van der Waals surface area contributed by atoms with Gasteiger partial charge in [0.05, 0.1) is 0 Å². The van der Waals surface area contributed by atoms with Crippen LogP contribution in [-0.2, 0) is 17.8 Å². The van der Waals surface area contributed by atoms with Crippen molar-refractivity contribution in [2.45, 2.75) is 25.4 Å². The van der Waals surface area contributed by atoms with Crippen LogP contribution >= 0.6 is 11.6 Å². The number of likely N-dealkylation sites (N-methyl/N-ethyl adjacent to an activating group) is 2. The highest BCUT2D eigenvalue weighted by Gasteiger charge is 2.35. The Hall–Kier alpha value is -1.52. The summed E-state index contributed by atoms with van der Waals surface area (Å²) < 4.78 is 2.28. The van der Waals surface area contributed by atoms with Crippen molar-refractivity contribution in [1.82, 2.24) is 14.4 Å². The molecule has 2 aromatic rings. The maximum absolute atomic E-state index is 12.5. The zero-order valence-electron chi connectivity index (χ0n) is 13.0. The summed E-state index contributed by atoms with van der Waals surface area (Å²) >= 11 is 6.22. The summed E-state index contributed by atoms with van der Waals surface area (Å²) in [5, 5.41) is 1.99. The van der Waals surface area contributed by atoms with E-state index in [9.17, 15) is 4.79 Å². The van der Waals surface area contributed by atoms with E-state index in [1.54, 1.807) is 0 Å². The molecule has 0 N–H and O–H groups in total. The van der Waals surface area contributed by atoms with Crippen LogP contribution in [0, 0.1) is 0 Å². The van der Waals surface area contributed by atoms with Crippen molar-refractivity contribution in [3.05, 3.63) is 34.5 Å². The van der Waals surface area contributed by atoms with E-state index in [4.69, 9.17) is 11.6 Å². The van der Waals surface area contributed by atoms with Gasteiger partial charge in [-0.05, 0) is 43.7 Å². The lowest BCUT2D eigenvalue weighted by Crippen LogP contribution is -2.30.